The molecular weight excluding hydrogens is 362 g/mol. The predicted molar refractivity (Wildman–Crippen MR) is 92.2 cm³/mol. The summed E-state index contributed by atoms with van der Waals surface area (Å²) in [5.41, 5.74) is 0.208. The molecule has 0 aliphatic carbocycles. The predicted octanol–water partition coefficient (Wildman–Crippen LogP) is 0.700. The van der Waals surface area contributed by atoms with Crippen LogP contribution in [0.3, 0.4) is 0 Å². The van der Waals surface area contributed by atoms with Crippen LogP contribution in [0.25, 0.3) is 0 Å². The number of hydrogen-bond acceptors (Lipinski definition) is 8. The van der Waals surface area contributed by atoms with Crippen LogP contribution in [0.4, 0.5) is 11.6 Å². The zero-order valence-electron chi connectivity index (χ0n) is 13.7. The van der Waals surface area contributed by atoms with E-state index in [0.29, 0.717) is 37.9 Å². The van der Waals surface area contributed by atoms with Gasteiger partial charge >= 0.3 is 0 Å². The van der Waals surface area contributed by atoms with E-state index in [-0.39, 0.29) is 17.1 Å². The number of nitrogens with one attached hydrogen (secondary N) is 1. The van der Waals surface area contributed by atoms with Gasteiger partial charge in [0.1, 0.15) is 0 Å². The minimum atomic E-state index is -3.90. The number of nitro benzene ring substituents is 1. The van der Waals surface area contributed by atoms with Gasteiger partial charge in [-0.15, -0.1) is 0 Å². The third-order valence-electron chi connectivity index (χ3n) is 3.78. The number of aromatic nitrogens is 2. The van der Waals surface area contributed by atoms with Gasteiger partial charge in [0.05, 0.1) is 35.3 Å². The highest BCUT2D eigenvalue weighted by Crippen LogP contribution is 2.17. The summed E-state index contributed by atoms with van der Waals surface area (Å²) in [4.78, 5) is 20.5. The van der Waals surface area contributed by atoms with Gasteiger partial charge in [-0.25, -0.2) is 23.1 Å². The monoisotopic (exact) mass is 379 g/mol. The van der Waals surface area contributed by atoms with Gasteiger partial charge in [0.2, 0.25) is 16.0 Å². The first-order valence-electron chi connectivity index (χ1n) is 7.84. The van der Waals surface area contributed by atoms with Gasteiger partial charge in [-0.05, 0) is 12.1 Å². The summed E-state index contributed by atoms with van der Waals surface area (Å²) < 4.78 is 32.4. The molecule has 2 heterocycles. The van der Waals surface area contributed by atoms with Crippen molar-refractivity contribution in [1.82, 2.24) is 14.7 Å². The van der Waals surface area contributed by atoms with Gasteiger partial charge in [-0.2, -0.15) is 0 Å². The molecule has 1 aliphatic heterocycles. The molecule has 10 nitrogen and oxygen atoms in total. The summed E-state index contributed by atoms with van der Waals surface area (Å²) in [7, 11) is -3.90. The molecule has 26 heavy (non-hydrogen) atoms. The normalized spacial score (nSPS) is 15.0. The highest BCUT2D eigenvalue weighted by molar-refractivity contribution is 7.89. The lowest BCUT2D eigenvalue weighted by Gasteiger charge is -2.26. The Kier molecular flexibility index (Phi) is 5.40. The van der Waals surface area contributed by atoms with Gasteiger partial charge in [0.25, 0.3) is 5.69 Å². The third kappa shape index (κ3) is 4.31. The fourth-order valence-electron chi connectivity index (χ4n) is 2.42. The summed E-state index contributed by atoms with van der Waals surface area (Å²) >= 11 is 0. The third-order valence-corrected chi connectivity index (χ3v) is 5.18. The topological polar surface area (TPSA) is 128 Å². The van der Waals surface area contributed by atoms with Crippen LogP contribution in [-0.4, -0.2) is 49.6 Å². The average molecular weight is 379 g/mol. The molecule has 1 aromatic heterocycles. The molecule has 1 fully saturated rings. The van der Waals surface area contributed by atoms with Crippen molar-refractivity contribution in [3.8, 4) is 0 Å². The minimum Gasteiger partial charge on any atom is -0.378 e. The molecule has 1 N–H and O–H groups in total. The first-order valence-corrected chi connectivity index (χ1v) is 9.33. The molecule has 11 heteroatoms. The molecule has 1 aliphatic rings. The van der Waals surface area contributed by atoms with E-state index in [1.165, 1.54) is 18.2 Å². The Morgan fingerprint density at radius 2 is 2.04 bits per heavy atom. The molecule has 0 unspecified atom stereocenters. The molecule has 2 aromatic rings. The van der Waals surface area contributed by atoms with E-state index in [1.54, 1.807) is 12.3 Å². The van der Waals surface area contributed by atoms with Crippen LogP contribution in [0.1, 0.15) is 5.69 Å². The Morgan fingerprint density at radius 1 is 1.27 bits per heavy atom. The van der Waals surface area contributed by atoms with Crippen molar-refractivity contribution in [1.29, 1.82) is 0 Å². The smallest absolute Gasteiger partial charge is 0.270 e. The highest BCUT2D eigenvalue weighted by Gasteiger charge is 2.18. The molecule has 138 valence electrons. The molecular formula is C15H17N5O5S. The Balaban J connectivity index is 1.71. The van der Waals surface area contributed by atoms with Crippen LogP contribution >= 0.6 is 0 Å². The molecule has 0 radical (unpaired) electrons. The SMILES string of the molecule is O=[N+]([O-])c1cccc(S(=O)(=O)NCc2ccnc(N3CCOCC3)n2)c1. The second-order valence-corrected chi connectivity index (χ2v) is 7.29. The Labute approximate surface area is 150 Å². The quantitative estimate of drug-likeness (QED) is 0.574. The van der Waals surface area contributed by atoms with E-state index in [1.807, 2.05) is 4.90 Å². The Hall–Kier alpha value is -2.63. The van der Waals surface area contributed by atoms with E-state index >= 15 is 0 Å². The van der Waals surface area contributed by atoms with Crippen LogP contribution in [0, 0.1) is 10.1 Å². The molecule has 3 rings (SSSR count). The number of sulfonamides is 1. The van der Waals surface area contributed by atoms with Gasteiger partial charge in [-0.3, -0.25) is 10.1 Å². The molecule has 0 saturated carbocycles. The number of ether oxygens (including phenoxy) is 1. The maximum absolute atomic E-state index is 12.4. The second-order valence-electron chi connectivity index (χ2n) is 5.53. The lowest BCUT2D eigenvalue weighted by molar-refractivity contribution is -0.385. The summed E-state index contributed by atoms with van der Waals surface area (Å²) in [5.74, 6) is 0.514. The van der Waals surface area contributed by atoms with Crippen molar-refractivity contribution in [2.24, 2.45) is 0 Å². The lowest BCUT2D eigenvalue weighted by Crippen LogP contribution is -2.37. The Bertz CT molecular complexity index is 899. The number of benzene rings is 1. The number of rotatable bonds is 6. The van der Waals surface area contributed by atoms with Crippen molar-refractivity contribution in [3.05, 3.63) is 52.3 Å². The Morgan fingerprint density at radius 3 is 2.77 bits per heavy atom. The van der Waals surface area contributed by atoms with Crippen LogP contribution in [0.2, 0.25) is 0 Å². The summed E-state index contributed by atoms with van der Waals surface area (Å²) in [6.07, 6.45) is 1.56. The maximum Gasteiger partial charge on any atom is 0.270 e. The minimum absolute atomic E-state index is 0.0507. The van der Waals surface area contributed by atoms with Crippen molar-refractivity contribution < 1.29 is 18.1 Å². The van der Waals surface area contributed by atoms with Crippen LogP contribution in [-0.2, 0) is 21.3 Å². The van der Waals surface area contributed by atoms with Crippen LogP contribution in [0.5, 0.6) is 0 Å². The summed E-state index contributed by atoms with van der Waals surface area (Å²) in [5, 5.41) is 10.8. The molecule has 1 aromatic carbocycles. The van der Waals surface area contributed by atoms with Crippen molar-refractivity contribution in [2.75, 3.05) is 31.2 Å². The van der Waals surface area contributed by atoms with E-state index in [9.17, 15) is 18.5 Å². The van der Waals surface area contributed by atoms with Gasteiger partial charge in [0, 0.05) is 31.4 Å². The van der Waals surface area contributed by atoms with Crippen LogP contribution in [0.15, 0.2) is 41.4 Å². The maximum atomic E-state index is 12.4. The summed E-state index contributed by atoms with van der Waals surface area (Å²) in [6, 6.07) is 6.49. The molecule has 0 bridgehead atoms. The summed E-state index contributed by atoms with van der Waals surface area (Å²) in [6.45, 7) is 2.47. The van der Waals surface area contributed by atoms with Gasteiger partial charge in [-0.1, -0.05) is 6.07 Å². The average Bonchev–Trinajstić information content (AvgIpc) is 2.67. The zero-order chi connectivity index (χ0) is 18.6. The highest BCUT2D eigenvalue weighted by atomic mass is 32.2. The van der Waals surface area contributed by atoms with E-state index < -0.39 is 14.9 Å². The number of nitro groups is 1. The number of morpholine rings is 1. The van der Waals surface area contributed by atoms with Gasteiger partial charge in [0.15, 0.2) is 0 Å². The van der Waals surface area contributed by atoms with Crippen molar-refractivity contribution in [3.63, 3.8) is 0 Å². The fourth-order valence-corrected chi connectivity index (χ4v) is 3.45. The van der Waals surface area contributed by atoms with E-state index in [0.717, 1.165) is 6.07 Å². The van der Waals surface area contributed by atoms with Gasteiger partial charge < -0.3 is 9.64 Å². The number of anilines is 1. The number of non-ortho nitro benzene ring substituents is 1. The largest absolute Gasteiger partial charge is 0.378 e. The lowest BCUT2D eigenvalue weighted by atomic mass is 10.3. The molecule has 1 saturated heterocycles. The molecule has 0 atom stereocenters. The van der Waals surface area contributed by atoms with Crippen LogP contribution < -0.4 is 9.62 Å². The van der Waals surface area contributed by atoms with E-state index in [2.05, 4.69) is 14.7 Å². The van der Waals surface area contributed by atoms with Crippen molar-refractivity contribution in [2.45, 2.75) is 11.4 Å². The molecule has 0 spiro atoms. The molecule has 0 amide bonds. The first-order chi connectivity index (χ1) is 12.5. The first kappa shape index (κ1) is 18.2. The number of hydrogen-bond donors (Lipinski definition) is 1. The van der Waals surface area contributed by atoms with E-state index in [4.69, 9.17) is 4.74 Å². The number of nitrogens with zero attached hydrogens (tertiary/aromatic N) is 4. The standard InChI is InChI=1S/C15H17N5O5S/c21-20(22)13-2-1-3-14(10-13)26(23,24)17-11-12-4-5-16-15(18-12)19-6-8-25-9-7-19/h1-5,10,17H,6-9,11H2. The van der Waals surface area contributed by atoms with Crippen molar-refractivity contribution >= 4 is 21.7 Å². The zero-order valence-corrected chi connectivity index (χ0v) is 14.6. The fraction of sp³-hybridized carbons (Fsp3) is 0.333. The second kappa shape index (κ2) is 7.72.